The van der Waals surface area contributed by atoms with E-state index in [1.165, 1.54) is 18.6 Å². The summed E-state index contributed by atoms with van der Waals surface area (Å²) in [5, 5.41) is 0. The second kappa shape index (κ2) is 10.8. The molecule has 1 aliphatic heterocycles. The first-order valence-electron chi connectivity index (χ1n) is 8.39. The molecule has 126 valence electrons. The van der Waals surface area contributed by atoms with Gasteiger partial charge in [0.15, 0.2) is 0 Å². The predicted molar refractivity (Wildman–Crippen MR) is 98.0 cm³/mol. The molecule has 0 radical (unpaired) electrons. The van der Waals surface area contributed by atoms with Crippen LogP contribution in [-0.2, 0) is 9.53 Å². The van der Waals surface area contributed by atoms with Crippen molar-refractivity contribution in [2.45, 2.75) is 96.8 Å². The minimum Gasteiger partial charge on any atom is -0.460 e. The summed E-state index contributed by atoms with van der Waals surface area (Å²) in [6, 6.07) is 0. The van der Waals surface area contributed by atoms with Gasteiger partial charge in [-0.05, 0) is 46.5 Å². The van der Waals surface area contributed by atoms with Gasteiger partial charge in [-0.3, -0.25) is 4.79 Å². The number of carbonyl (C=O) groups excluding carboxylic acids is 1. The molecule has 1 saturated heterocycles. The van der Waals surface area contributed by atoms with E-state index in [0.717, 1.165) is 25.7 Å². The zero-order valence-electron chi connectivity index (χ0n) is 14.8. The summed E-state index contributed by atoms with van der Waals surface area (Å²) < 4.78 is 5.97. The minimum atomic E-state index is -0.296. The zero-order valence-corrected chi connectivity index (χ0v) is 16.4. The Balaban J connectivity index is 0.00000191. The van der Waals surface area contributed by atoms with E-state index in [1.807, 2.05) is 49.3 Å². The third kappa shape index (κ3) is 9.72. The van der Waals surface area contributed by atoms with Crippen LogP contribution in [0.25, 0.3) is 0 Å². The molecule has 0 saturated carbocycles. The third-order valence-electron chi connectivity index (χ3n) is 3.55. The van der Waals surface area contributed by atoms with Crippen molar-refractivity contribution in [1.29, 1.82) is 0 Å². The highest BCUT2D eigenvalue weighted by Crippen LogP contribution is 2.49. The van der Waals surface area contributed by atoms with Gasteiger partial charge in [0.05, 0.1) is 0 Å². The van der Waals surface area contributed by atoms with Gasteiger partial charge in [-0.1, -0.05) is 55.2 Å². The van der Waals surface area contributed by atoms with E-state index in [9.17, 15) is 4.79 Å². The SMILES string of the molecule is CC.CCCC(C)(C)OC(=O)CCCC[C@]1(C)CCSS1. The van der Waals surface area contributed by atoms with Gasteiger partial charge in [-0.25, -0.2) is 0 Å². The molecule has 0 amide bonds. The molecule has 21 heavy (non-hydrogen) atoms. The molecule has 1 aliphatic rings. The molecule has 1 rings (SSSR count). The molecule has 0 aromatic rings. The second-order valence-corrected chi connectivity index (χ2v) is 9.30. The van der Waals surface area contributed by atoms with Gasteiger partial charge in [-0.2, -0.15) is 0 Å². The normalized spacial score (nSPS) is 21.6. The van der Waals surface area contributed by atoms with Crippen LogP contribution in [0.15, 0.2) is 0 Å². The van der Waals surface area contributed by atoms with E-state index in [2.05, 4.69) is 13.8 Å². The predicted octanol–water partition coefficient (Wildman–Crippen LogP) is 6.24. The standard InChI is InChI=1S/C15H28O2S2.C2H6/c1-5-9-14(2,3)17-13(16)8-6-7-10-15(4)11-12-18-19-15;1-2/h5-12H2,1-4H3;1-2H3/t15-;/m1./s1. The molecule has 0 N–H and O–H groups in total. The van der Waals surface area contributed by atoms with Crippen LogP contribution >= 0.6 is 21.6 Å². The Morgan fingerprint density at radius 1 is 1.29 bits per heavy atom. The van der Waals surface area contributed by atoms with Gasteiger partial charge in [0, 0.05) is 16.9 Å². The molecule has 0 aromatic heterocycles. The summed E-state index contributed by atoms with van der Waals surface area (Å²) in [7, 11) is 4.00. The van der Waals surface area contributed by atoms with E-state index < -0.39 is 0 Å². The van der Waals surface area contributed by atoms with Gasteiger partial charge < -0.3 is 4.74 Å². The number of unbranched alkanes of at least 4 members (excludes halogenated alkanes) is 1. The van der Waals surface area contributed by atoms with Crippen LogP contribution in [0.2, 0.25) is 0 Å². The summed E-state index contributed by atoms with van der Waals surface area (Å²) in [6.07, 6.45) is 7.17. The molecule has 4 heteroatoms. The van der Waals surface area contributed by atoms with Gasteiger partial charge >= 0.3 is 5.97 Å². The minimum absolute atomic E-state index is 0.0305. The van der Waals surface area contributed by atoms with Crippen LogP contribution < -0.4 is 0 Å². The topological polar surface area (TPSA) is 26.3 Å². The summed E-state index contributed by atoms with van der Waals surface area (Å²) >= 11 is 0. The van der Waals surface area contributed by atoms with Crippen LogP contribution in [0.5, 0.6) is 0 Å². The molecule has 0 unspecified atom stereocenters. The molecular formula is C17H34O2S2. The van der Waals surface area contributed by atoms with Crippen molar-refractivity contribution in [2.24, 2.45) is 0 Å². The van der Waals surface area contributed by atoms with Crippen LogP contribution in [0, 0.1) is 0 Å². The Bertz CT molecular complexity index is 285. The first-order valence-corrected chi connectivity index (χ1v) is 10.7. The first kappa shape index (κ1) is 21.2. The van der Waals surface area contributed by atoms with Gasteiger partial charge in [-0.15, -0.1) is 0 Å². The summed E-state index contributed by atoms with van der Waals surface area (Å²) in [6.45, 7) is 12.5. The lowest BCUT2D eigenvalue weighted by Crippen LogP contribution is -2.27. The Labute approximate surface area is 139 Å². The highest BCUT2D eigenvalue weighted by molar-refractivity contribution is 8.77. The van der Waals surface area contributed by atoms with Crippen molar-refractivity contribution < 1.29 is 9.53 Å². The summed E-state index contributed by atoms with van der Waals surface area (Å²) in [5.74, 6) is 1.24. The quantitative estimate of drug-likeness (QED) is 0.298. The van der Waals surface area contributed by atoms with Gasteiger partial charge in [0.1, 0.15) is 5.60 Å². The molecule has 0 aromatic carbocycles. The van der Waals surface area contributed by atoms with Crippen LogP contribution in [0.4, 0.5) is 0 Å². The number of hydrogen-bond donors (Lipinski definition) is 0. The Hall–Kier alpha value is 0.170. The van der Waals surface area contributed by atoms with E-state index in [-0.39, 0.29) is 11.6 Å². The monoisotopic (exact) mass is 334 g/mol. The number of rotatable bonds is 8. The van der Waals surface area contributed by atoms with Crippen molar-refractivity contribution in [3.63, 3.8) is 0 Å². The average Bonchev–Trinajstić information content (AvgIpc) is 2.84. The number of hydrogen-bond acceptors (Lipinski definition) is 4. The van der Waals surface area contributed by atoms with E-state index in [1.54, 1.807) is 0 Å². The maximum Gasteiger partial charge on any atom is 0.306 e. The van der Waals surface area contributed by atoms with Crippen molar-refractivity contribution in [3.05, 3.63) is 0 Å². The molecule has 1 fully saturated rings. The maximum absolute atomic E-state index is 11.8. The van der Waals surface area contributed by atoms with Gasteiger partial charge in [0.2, 0.25) is 0 Å². The van der Waals surface area contributed by atoms with Crippen LogP contribution in [-0.4, -0.2) is 22.1 Å². The van der Waals surface area contributed by atoms with Crippen molar-refractivity contribution in [2.75, 3.05) is 5.75 Å². The highest BCUT2D eigenvalue weighted by atomic mass is 33.1. The van der Waals surface area contributed by atoms with Crippen LogP contribution in [0.3, 0.4) is 0 Å². The Morgan fingerprint density at radius 2 is 1.95 bits per heavy atom. The lowest BCUT2D eigenvalue weighted by molar-refractivity contribution is -0.157. The van der Waals surface area contributed by atoms with E-state index >= 15 is 0 Å². The maximum atomic E-state index is 11.8. The van der Waals surface area contributed by atoms with Crippen molar-refractivity contribution in [1.82, 2.24) is 0 Å². The van der Waals surface area contributed by atoms with E-state index in [4.69, 9.17) is 4.74 Å². The second-order valence-electron chi connectivity index (χ2n) is 6.30. The Morgan fingerprint density at radius 3 is 2.48 bits per heavy atom. The summed E-state index contributed by atoms with van der Waals surface area (Å²) in [5.41, 5.74) is -0.296. The zero-order chi connectivity index (χ0) is 16.4. The molecule has 0 spiro atoms. The highest BCUT2D eigenvalue weighted by Gasteiger charge is 2.29. The number of carbonyl (C=O) groups is 1. The fourth-order valence-corrected chi connectivity index (χ4v) is 5.73. The largest absolute Gasteiger partial charge is 0.460 e. The smallest absolute Gasteiger partial charge is 0.306 e. The first-order chi connectivity index (χ1) is 9.87. The fraction of sp³-hybridized carbons (Fsp3) is 0.941. The van der Waals surface area contributed by atoms with Crippen molar-refractivity contribution >= 4 is 27.6 Å². The lowest BCUT2D eigenvalue weighted by atomic mass is 9.99. The number of ether oxygens (including phenoxy) is 1. The van der Waals surface area contributed by atoms with Crippen molar-refractivity contribution in [3.8, 4) is 0 Å². The molecule has 1 atom stereocenters. The van der Waals surface area contributed by atoms with Gasteiger partial charge in [0.25, 0.3) is 0 Å². The Kier molecular flexibility index (Phi) is 10.9. The lowest BCUT2D eigenvalue weighted by Gasteiger charge is -2.25. The molecule has 1 heterocycles. The molecular weight excluding hydrogens is 300 g/mol. The molecule has 2 nitrogen and oxygen atoms in total. The number of esters is 1. The molecule has 0 aliphatic carbocycles. The third-order valence-corrected chi connectivity index (χ3v) is 6.91. The molecule has 0 bridgehead atoms. The fourth-order valence-electron chi connectivity index (χ4n) is 2.43. The van der Waals surface area contributed by atoms with E-state index in [0.29, 0.717) is 11.2 Å². The van der Waals surface area contributed by atoms with Crippen LogP contribution in [0.1, 0.15) is 86.5 Å². The average molecular weight is 335 g/mol. The summed E-state index contributed by atoms with van der Waals surface area (Å²) in [4.78, 5) is 11.8.